The normalized spacial score (nSPS) is 40.9. The molecule has 0 N–H and O–H groups in total. The summed E-state index contributed by atoms with van der Waals surface area (Å²) in [6.07, 6.45) is 9.45. The zero-order valence-corrected chi connectivity index (χ0v) is 18.8. The molecule has 162 valence electrons. The molecule has 5 heteroatoms. The number of benzene rings is 1. The van der Waals surface area contributed by atoms with Gasteiger partial charge in [0, 0.05) is 6.42 Å². The molecule has 0 aromatic heterocycles. The quantitative estimate of drug-likeness (QED) is 0.614. The Hall–Kier alpha value is -1.46. The fourth-order valence-electron chi connectivity index (χ4n) is 7.46. The maximum absolute atomic E-state index is 12.9. The van der Waals surface area contributed by atoms with Crippen molar-refractivity contribution in [2.45, 2.75) is 76.2 Å². The van der Waals surface area contributed by atoms with Gasteiger partial charge in [0.2, 0.25) is 0 Å². The monoisotopic (exact) mass is 428 g/mol. The molecule has 5 rings (SSSR count). The van der Waals surface area contributed by atoms with E-state index in [0.29, 0.717) is 30.0 Å². The van der Waals surface area contributed by atoms with Crippen LogP contribution in [0.25, 0.3) is 0 Å². The molecule has 0 saturated heterocycles. The van der Waals surface area contributed by atoms with Crippen LogP contribution in [-0.2, 0) is 19.1 Å². The molecule has 1 aromatic rings. The summed E-state index contributed by atoms with van der Waals surface area (Å²) in [5.74, 6) is 2.01. The molecule has 0 radical (unpaired) electrons. The Labute approximate surface area is 180 Å². The maximum atomic E-state index is 12.9. The van der Waals surface area contributed by atoms with E-state index in [-0.39, 0.29) is 21.8 Å². The minimum atomic E-state index is -3.75. The second-order valence-corrected chi connectivity index (χ2v) is 12.0. The molecule has 4 aliphatic rings. The van der Waals surface area contributed by atoms with E-state index in [1.807, 2.05) is 12.1 Å². The van der Waals surface area contributed by atoms with Crippen LogP contribution in [0.4, 0.5) is 0 Å². The first-order valence-corrected chi connectivity index (χ1v) is 12.9. The Morgan fingerprint density at radius 2 is 1.70 bits per heavy atom. The van der Waals surface area contributed by atoms with E-state index < -0.39 is 10.1 Å². The van der Waals surface area contributed by atoms with Crippen molar-refractivity contribution in [2.24, 2.45) is 28.6 Å². The highest BCUT2D eigenvalue weighted by Crippen LogP contribution is 2.65. The third-order valence-corrected chi connectivity index (χ3v) is 10.5. The minimum absolute atomic E-state index is 0.0922. The number of rotatable bonds is 3. The number of allylic oxidation sites excluding steroid dienone is 1. The number of carbonyl (C=O) groups is 1. The number of carbonyl (C=O) groups excluding carboxylic acids is 1. The van der Waals surface area contributed by atoms with Crippen molar-refractivity contribution in [3.63, 3.8) is 0 Å². The first-order valence-electron chi connectivity index (χ1n) is 11.5. The van der Waals surface area contributed by atoms with Crippen LogP contribution in [0.5, 0.6) is 0 Å². The van der Waals surface area contributed by atoms with Crippen molar-refractivity contribution < 1.29 is 17.4 Å². The van der Waals surface area contributed by atoms with E-state index in [9.17, 15) is 13.2 Å². The fraction of sp³-hybridized carbons (Fsp3) is 0.640. The molecule has 4 aliphatic carbocycles. The molecule has 3 fully saturated rings. The van der Waals surface area contributed by atoms with Gasteiger partial charge >= 0.3 is 0 Å². The van der Waals surface area contributed by atoms with Crippen LogP contribution < -0.4 is 0 Å². The van der Waals surface area contributed by atoms with Crippen molar-refractivity contribution in [3.05, 3.63) is 42.0 Å². The zero-order chi connectivity index (χ0) is 21.1. The first kappa shape index (κ1) is 20.4. The standard InChI is InChI=1S/C25H32O4S/c1-24-14-12-18(26)16-17(24)8-9-20-21-10-11-23(25(21,2)15-13-22(20)24)29-30(27,28)19-6-4-3-5-7-19/h3-7,16,20-23H,8-15H2,1-2H3/t20-,21-,22-,23-,24-,25-/m0/s1. The van der Waals surface area contributed by atoms with E-state index in [2.05, 4.69) is 13.8 Å². The van der Waals surface area contributed by atoms with Gasteiger partial charge in [-0.25, -0.2) is 0 Å². The first-order chi connectivity index (χ1) is 14.2. The van der Waals surface area contributed by atoms with Crippen molar-refractivity contribution in [1.29, 1.82) is 0 Å². The van der Waals surface area contributed by atoms with Crippen LogP contribution in [0.3, 0.4) is 0 Å². The van der Waals surface area contributed by atoms with Gasteiger partial charge in [-0.2, -0.15) is 8.42 Å². The van der Waals surface area contributed by atoms with Gasteiger partial charge < -0.3 is 0 Å². The lowest BCUT2D eigenvalue weighted by Gasteiger charge is -2.57. The summed E-state index contributed by atoms with van der Waals surface area (Å²) in [7, 11) is -3.75. The van der Waals surface area contributed by atoms with Gasteiger partial charge in [-0.15, -0.1) is 0 Å². The summed E-state index contributed by atoms with van der Waals surface area (Å²) in [6.45, 7) is 4.65. The largest absolute Gasteiger partial charge is 0.297 e. The SMILES string of the molecule is C[C@]12CC[C@H]3[C@@H](CCC4=CC(=O)CC[C@@]43C)[C@@H]1CC[C@@H]2OS(=O)(=O)c1ccccc1. The lowest BCUT2D eigenvalue weighted by Crippen LogP contribution is -2.51. The average Bonchev–Trinajstić information content (AvgIpc) is 3.05. The summed E-state index contributed by atoms with van der Waals surface area (Å²) in [5, 5.41) is 0. The van der Waals surface area contributed by atoms with Crippen LogP contribution in [-0.4, -0.2) is 20.3 Å². The van der Waals surface area contributed by atoms with Crippen molar-refractivity contribution in [3.8, 4) is 0 Å². The number of fused-ring (bicyclic) bond motifs is 5. The predicted octanol–water partition coefficient (Wildman–Crippen LogP) is 5.29. The van der Waals surface area contributed by atoms with Crippen molar-refractivity contribution in [2.75, 3.05) is 0 Å². The number of hydrogen-bond donors (Lipinski definition) is 0. The number of ketones is 1. The Morgan fingerprint density at radius 1 is 0.933 bits per heavy atom. The molecule has 1 aromatic carbocycles. The smallest absolute Gasteiger partial charge is 0.295 e. The fourth-order valence-corrected chi connectivity index (χ4v) is 8.69. The summed E-state index contributed by atoms with van der Waals surface area (Å²) in [6, 6.07) is 8.52. The third-order valence-electron chi connectivity index (χ3n) is 9.15. The molecule has 0 bridgehead atoms. The molecule has 4 nitrogen and oxygen atoms in total. The minimum Gasteiger partial charge on any atom is -0.295 e. The average molecular weight is 429 g/mol. The maximum Gasteiger partial charge on any atom is 0.297 e. The van der Waals surface area contributed by atoms with Crippen LogP contribution in [0, 0.1) is 28.6 Å². The lowest BCUT2D eigenvalue weighted by atomic mass is 9.47. The van der Waals surface area contributed by atoms with E-state index >= 15 is 0 Å². The molecule has 0 heterocycles. The van der Waals surface area contributed by atoms with Gasteiger partial charge in [-0.05, 0) is 91.7 Å². The Kier molecular flexibility index (Phi) is 4.79. The number of hydrogen-bond acceptors (Lipinski definition) is 4. The molecule has 30 heavy (non-hydrogen) atoms. The van der Waals surface area contributed by atoms with Crippen LogP contribution in [0.1, 0.15) is 65.2 Å². The van der Waals surface area contributed by atoms with Gasteiger partial charge in [0.25, 0.3) is 10.1 Å². The van der Waals surface area contributed by atoms with Crippen molar-refractivity contribution >= 4 is 15.9 Å². The van der Waals surface area contributed by atoms with Gasteiger partial charge in [-0.3, -0.25) is 8.98 Å². The summed E-state index contributed by atoms with van der Waals surface area (Å²) < 4.78 is 31.7. The molecule has 0 unspecified atom stereocenters. The molecule has 0 spiro atoms. The highest BCUT2D eigenvalue weighted by atomic mass is 32.2. The second kappa shape index (κ2) is 7.03. The van der Waals surface area contributed by atoms with E-state index in [1.54, 1.807) is 24.3 Å². The molecular formula is C25H32O4S. The molecule has 0 aliphatic heterocycles. The van der Waals surface area contributed by atoms with Crippen LogP contribution in [0.15, 0.2) is 46.9 Å². The summed E-state index contributed by atoms with van der Waals surface area (Å²) in [4.78, 5) is 12.2. The highest BCUT2D eigenvalue weighted by Gasteiger charge is 2.60. The lowest BCUT2D eigenvalue weighted by molar-refractivity contribution is -0.117. The van der Waals surface area contributed by atoms with Crippen LogP contribution in [0.2, 0.25) is 0 Å². The van der Waals surface area contributed by atoms with Crippen molar-refractivity contribution in [1.82, 2.24) is 0 Å². The highest BCUT2D eigenvalue weighted by molar-refractivity contribution is 7.86. The van der Waals surface area contributed by atoms with Gasteiger partial charge in [0.05, 0.1) is 11.0 Å². The van der Waals surface area contributed by atoms with Crippen LogP contribution >= 0.6 is 0 Å². The van der Waals surface area contributed by atoms with E-state index in [0.717, 1.165) is 44.9 Å². The van der Waals surface area contributed by atoms with E-state index in [1.165, 1.54) is 5.57 Å². The third kappa shape index (κ3) is 3.03. The van der Waals surface area contributed by atoms with Gasteiger partial charge in [-0.1, -0.05) is 37.6 Å². The van der Waals surface area contributed by atoms with E-state index in [4.69, 9.17) is 4.18 Å². The molecule has 0 amide bonds. The summed E-state index contributed by atoms with van der Waals surface area (Å²) in [5.41, 5.74) is 1.43. The topological polar surface area (TPSA) is 60.4 Å². The predicted molar refractivity (Wildman–Crippen MR) is 115 cm³/mol. The molecule has 3 saturated carbocycles. The Bertz CT molecular complexity index is 982. The van der Waals surface area contributed by atoms with Gasteiger partial charge in [0.1, 0.15) is 0 Å². The summed E-state index contributed by atoms with van der Waals surface area (Å²) >= 11 is 0. The van der Waals surface area contributed by atoms with Gasteiger partial charge in [0.15, 0.2) is 5.78 Å². The molecule has 6 atom stereocenters. The second-order valence-electron chi connectivity index (χ2n) is 10.4. The Morgan fingerprint density at radius 3 is 2.47 bits per heavy atom. The molecular weight excluding hydrogens is 396 g/mol. The zero-order valence-electron chi connectivity index (χ0n) is 18.0. The Balaban J connectivity index is 1.40.